The van der Waals surface area contributed by atoms with Crippen molar-refractivity contribution in [1.82, 2.24) is 19.9 Å². The van der Waals surface area contributed by atoms with Gasteiger partial charge in [0.1, 0.15) is 0 Å². The summed E-state index contributed by atoms with van der Waals surface area (Å²) in [6.45, 7) is 3.41. The fraction of sp³-hybridized carbons (Fsp3) is 0.400. The molecule has 1 amide bonds. The zero-order chi connectivity index (χ0) is 15.2. The van der Waals surface area contributed by atoms with Gasteiger partial charge in [-0.15, -0.1) is 17.5 Å². The van der Waals surface area contributed by atoms with Crippen LogP contribution in [0.5, 0.6) is 0 Å². The summed E-state index contributed by atoms with van der Waals surface area (Å²) < 4.78 is 1.60. The maximum atomic E-state index is 12.5. The molecular formula is C15H22ClN5O. The highest BCUT2D eigenvalue weighted by atomic mass is 35.5. The highest BCUT2D eigenvalue weighted by molar-refractivity contribution is 5.93. The number of amides is 1. The molecule has 7 heteroatoms. The normalized spacial score (nSPS) is 10.1. The van der Waals surface area contributed by atoms with Crippen LogP contribution in [-0.2, 0) is 13.5 Å². The predicted octanol–water partition coefficient (Wildman–Crippen LogP) is 1.19. The van der Waals surface area contributed by atoms with Crippen molar-refractivity contribution >= 4 is 18.3 Å². The Morgan fingerprint density at radius 2 is 1.95 bits per heavy atom. The maximum Gasteiger partial charge on any atom is 0.276 e. The summed E-state index contributed by atoms with van der Waals surface area (Å²) in [5.41, 5.74) is 7.99. The van der Waals surface area contributed by atoms with E-state index in [0.717, 1.165) is 12.1 Å². The molecule has 0 unspecified atom stereocenters. The monoisotopic (exact) mass is 323 g/mol. The SMILES string of the molecule is Cc1c(C(=O)N(CCN)CCc2ccccc2)nnn1C.Cl. The topological polar surface area (TPSA) is 77.0 Å². The van der Waals surface area contributed by atoms with Gasteiger partial charge in [-0.05, 0) is 18.9 Å². The number of hydrogen-bond acceptors (Lipinski definition) is 4. The molecule has 0 radical (unpaired) electrons. The molecule has 0 aliphatic rings. The number of rotatable bonds is 6. The second kappa shape index (κ2) is 8.51. The summed E-state index contributed by atoms with van der Waals surface area (Å²) in [5, 5.41) is 7.84. The van der Waals surface area contributed by atoms with Crippen molar-refractivity contribution in [3.63, 3.8) is 0 Å². The first-order valence-corrected chi connectivity index (χ1v) is 7.03. The molecule has 0 atom stereocenters. The van der Waals surface area contributed by atoms with Crippen LogP contribution in [0.25, 0.3) is 0 Å². The van der Waals surface area contributed by atoms with E-state index >= 15 is 0 Å². The van der Waals surface area contributed by atoms with Crippen LogP contribution in [0.4, 0.5) is 0 Å². The van der Waals surface area contributed by atoms with Crippen molar-refractivity contribution in [3.8, 4) is 0 Å². The third-order valence-electron chi connectivity index (χ3n) is 3.51. The molecule has 0 fully saturated rings. The Labute approximate surface area is 136 Å². The van der Waals surface area contributed by atoms with E-state index in [1.807, 2.05) is 25.1 Å². The second-order valence-corrected chi connectivity index (χ2v) is 4.96. The lowest BCUT2D eigenvalue weighted by Gasteiger charge is -2.21. The lowest BCUT2D eigenvalue weighted by Crippen LogP contribution is -2.37. The highest BCUT2D eigenvalue weighted by Gasteiger charge is 2.21. The number of carbonyl (C=O) groups excluding carboxylic acids is 1. The minimum absolute atomic E-state index is 0. The van der Waals surface area contributed by atoms with E-state index in [0.29, 0.717) is 25.3 Å². The van der Waals surface area contributed by atoms with E-state index in [1.54, 1.807) is 16.6 Å². The second-order valence-electron chi connectivity index (χ2n) is 4.96. The van der Waals surface area contributed by atoms with Gasteiger partial charge in [0.15, 0.2) is 5.69 Å². The molecule has 6 nitrogen and oxygen atoms in total. The quantitative estimate of drug-likeness (QED) is 0.866. The molecule has 120 valence electrons. The smallest absolute Gasteiger partial charge is 0.276 e. The number of aryl methyl sites for hydroxylation is 1. The molecule has 22 heavy (non-hydrogen) atoms. The van der Waals surface area contributed by atoms with Crippen molar-refractivity contribution in [2.45, 2.75) is 13.3 Å². The Kier molecular flexibility index (Phi) is 7.01. The van der Waals surface area contributed by atoms with Crippen molar-refractivity contribution in [2.24, 2.45) is 12.8 Å². The summed E-state index contributed by atoms with van der Waals surface area (Å²) in [4.78, 5) is 14.3. The van der Waals surface area contributed by atoms with Crippen molar-refractivity contribution < 1.29 is 4.79 Å². The van der Waals surface area contributed by atoms with Crippen LogP contribution >= 0.6 is 12.4 Å². The Balaban J connectivity index is 0.00000242. The number of nitrogens with zero attached hydrogens (tertiary/aromatic N) is 4. The van der Waals surface area contributed by atoms with Gasteiger partial charge in [-0.1, -0.05) is 35.5 Å². The summed E-state index contributed by atoms with van der Waals surface area (Å²) >= 11 is 0. The van der Waals surface area contributed by atoms with Crippen molar-refractivity contribution in [3.05, 3.63) is 47.3 Å². The fourth-order valence-electron chi connectivity index (χ4n) is 2.13. The molecule has 1 aromatic heterocycles. The average Bonchev–Trinajstić information content (AvgIpc) is 2.84. The van der Waals surface area contributed by atoms with Crippen LogP contribution in [0, 0.1) is 6.92 Å². The van der Waals surface area contributed by atoms with E-state index in [9.17, 15) is 4.79 Å². The molecule has 2 N–H and O–H groups in total. The molecule has 0 saturated heterocycles. The number of halogens is 1. The Hall–Kier alpha value is -1.92. The van der Waals surface area contributed by atoms with E-state index in [-0.39, 0.29) is 18.3 Å². The van der Waals surface area contributed by atoms with E-state index in [1.165, 1.54) is 5.56 Å². The minimum Gasteiger partial charge on any atom is -0.336 e. The molecule has 0 aliphatic carbocycles. The molecule has 0 aliphatic heterocycles. The zero-order valence-corrected chi connectivity index (χ0v) is 13.7. The van der Waals surface area contributed by atoms with Crippen LogP contribution in [0.15, 0.2) is 30.3 Å². The molecule has 2 rings (SSSR count). The van der Waals surface area contributed by atoms with E-state index in [2.05, 4.69) is 22.4 Å². The Morgan fingerprint density at radius 3 is 2.50 bits per heavy atom. The average molecular weight is 324 g/mol. The molecule has 1 aromatic carbocycles. The highest BCUT2D eigenvalue weighted by Crippen LogP contribution is 2.08. The van der Waals surface area contributed by atoms with Gasteiger partial charge in [-0.2, -0.15) is 0 Å². The summed E-state index contributed by atoms with van der Waals surface area (Å²) in [6.07, 6.45) is 0.798. The molecule has 0 saturated carbocycles. The summed E-state index contributed by atoms with van der Waals surface area (Å²) in [6, 6.07) is 10.1. The van der Waals surface area contributed by atoms with E-state index in [4.69, 9.17) is 5.73 Å². The summed E-state index contributed by atoms with van der Waals surface area (Å²) in [5.74, 6) is -0.109. The number of hydrogen-bond donors (Lipinski definition) is 1. The van der Waals surface area contributed by atoms with Gasteiger partial charge in [-0.25, -0.2) is 0 Å². The molecular weight excluding hydrogens is 302 g/mol. The van der Waals surface area contributed by atoms with Crippen LogP contribution in [-0.4, -0.2) is 45.4 Å². The third kappa shape index (κ3) is 4.29. The van der Waals surface area contributed by atoms with Gasteiger partial charge < -0.3 is 10.6 Å². The zero-order valence-electron chi connectivity index (χ0n) is 12.9. The van der Waals surface area contributed by atoms with Gasteiger partial charge in [0.05, 0.1) is 5.69 Å². The standard InChI is InChI=1S/C15H21N5O.ClH/c1-12-14(17-18-19(12)2)15(21)20(11-9-16)10-8-13-6-4-3-5-7-13;/h3-7H,8-11,16H2,1-2H3;1H. The lowest BCUT2D eigenvalue weighted by atomic mass is 10.1. The Bertz CT molecular complexity index is 599. The van der Waals surface area contributed by atoms with Gasteiger partial charge in [0.2, 0.25) is 0 Å². The van der Waals surface area contributed by atoms with Crippen LogP contribution in [0.1, 0.15) is 21.7 Å². The van der Waals surface area contributed by atoms with Gasteiger partial charge in [-0.3, -0.25) is 9.48 Å². The van der Waals surface area contributed by atoms with Crippen molar-refractivity contribution in [2.75, 3.05) is 19.6 Å². The lowest BCUT2D eigenvalue weighted by molar-refractivity contribution is 0.0755. The molecule has 1 heterocycles. The maximum absolute atomic E-state index is 12.5. The van der Waals surface area contributed by atoms with Crippen molar-refractivity contribution in [1.29, 1.82) is 0 Å². The number of benzene rings is 1. The molecule has 2 aromatic rings. The molecule has 0 spiro atoms. The van der Waals surface area contributed by atoms with Crippen LogP contribution < -0.4 is 5.73 Å². The predicted molar refractivity (Wildman–Crippen MR) is 88.1 cm³/mol. The van der Waals surface area contributed by atoms with Crippen LogP contribution in [0.2, 0.25) is 0 Å². The van der Waals surface area contributed by atoms with E-state index < -0.39 is 0 Å². The first-order valence-electron chi connectivity index (χ1n) is 7.03. The minimum atomic E-state index is -0.109. The number of aromatic nitrogens is 3. The number of carbonyl (C=O) groups is 1. The van der Waals surface area contributed by atoms with Crippen LogP contribution in [0.3, 0.4) is 0 Å². The first kappa shape index (κ1) is 18.1. The van der Waals surface area contributed by atoms with Gasteiger partial charge in [0, 0.05) is 26.7 Å². The van der Waals surface area contributed by atoms with Gasteiger partial charge >= 0.3 is 0 Å². The Morgan fingerprint density at radius 1 is 1.27 bits per heavy atom. The molecule has 0 bridgehead atoms. The first-order chi connectivity index (χ1) is 10.1. The number of nitrogens with two attached hydrogens (primary N) is 1. The fourth-order valence-corrected chi connectivity index (χ4v) is 2.13. The summed E-state index contributed by atoms with van der Waals surface area (Å²) in [7, 11) is 1.77. The third-order valence-corrected chi connectivity index (χ3v) is 3.51. The largest absolute Gasteiger partial charge is 0.336 e. The van der Waals surface area contributed by atoms with Gasteiger partial charge in [0.25, 0.3) is 5.91 Å².